The molecule has 29 heavy (non-hydrogen) atoms. The van der Waals surface area contributed by atoms with Crippen molar-refractivity contribution < 1.29 is 25.8 Å². The van der Waals surface area contributed by atoms with Gasteiger partial charge < -0.3 is 4.90 Å². The second-order valence-electron chi connectivity index (χ2n) is 7.39. The lowest BCUT2D eigenvalue weighted by Gasteiger charge is -2.21. The van der Waals surface area contributed by atoms with Crippen LogP contribution in [0.5, 0.6) is 0 Å². The third kappa shape index (κ3) is 19.4. The average molecular weight is 448 g/mol. The quantitative estimate of drug-likeness (QED) is 0.138. The van der Waals surface area contributed by atoms with Gasteiger partial charge in [-0.1, -0.05) is 79.1 Å². The summed E-state index contributed by atoms with van der Waals surface area (Å²) in [5.41, 5.74) is -5.31. The SMILES string of the molecule is CCCCCCCCOS(=O)(=O)C(F)(F)F.CCCCN(CCCC)CCCC. The standard InChI is InChI=1S/C12H27N.C9H17F3O3S/c1-4-7-10-13(11-8-5-2)12-9-6-3;1-2-3-4-5-6-7-8-15-16(13,14)9(10,11)12/h4-12H2,1-3H3;2-8H2,1H3. The molecule has 0 rings (SSSR count). The predicted molar refractivity (Wildman–Crippen MR) is 115 cm³/mol. The molecule has 0 bridgehead atoms. The fourth-order valence-corrected chi connectivity index (χ4v) is 3.07. The van der Waals surface area contributed by atoms with Gasteiger partial charge in [-0.05, 0) is 45.3 Å². The topological polar surface area (TPSA) is 46.6 Å². The Kier molecular flexibility index (Phi) is 20.9. The molecule has 0 fully saturated rings. The second kappa shape index (κ2) is 19.6. The van der Waals surface area contributed by atoms with Gasteiger partial charge in [-0.15, -0.1) is 0 Å². The van der Waals surface area contributed by atoms with Crippen LogP contribution in [0.1, 0.15) is 105 Å². The summed E-state index contributed by atoms with van der Waals surface area (Å²) in [5.74, 6) is 0. The first-order valence-electron chi connectivity index (χ1n) is 11.3. The molecule has 178 valence electrons. The first-order chi connectivity index (χ1) is 13.7. The number of hydrogen-bond acceptors (Lipinski definition) is 4. The molecule has 0 aliphatic heterocycles. The van der Waals surface area contributed by atoms with Crippen LogP contribution in [0.3, 0.4) is 0 Å². The van der Waals surface area contributed by atoms with Gasteiger partial charge in [-0.2, -0.15) is 21.6 Å². The van der Waals surface area contributed by atoms with Crippen molar-refractivity contribution in [2.24, 2.45) is 0 Å². The molecule has 0 unspecified atom stereocenters. The zero-order chi connectivity index (χ0) is 22.6. The Morgan fingerprint density at radius 3 is 1.41 bits per heavy atom. The van der Waals surface area contributed by atoms with E-state index in [0.29, 0.717) is 12.8 Å². The summed E-state index contributed by atoms with van der Waals surface area (Å²) in [4.78, 5) is 2.64. The molecule has 0 heterocycles. The lowest BCUT2D eigenvalue weighted by Crippen LogP contribution is -2.27. The van der Waals surface area contributed by atoms with E-state index in [-0.39, 0.29) is 0 Å². The zero-order valence-electron chi connectivity index (χ0n) is 19.0. The summed E-state index contributed by atoms with van der Waals surface area (Å²) < 4.78 is 60.1. The van der Waals surface area contributed by atoms with Gasteiger partial charge in [-0.3, -0.25) is 4.18 Å². The number of halogens is 3. The van der Waals surface area contributed by atoms with Crippen LogP contribution in [0, 0.1) is 0 Å². The molecule has 0 amide bonds. The van der Waals surface area contributed by atoms with Crippen molar-refractivity contribution in [2.75, 3.05) is 26.2 Å². The van der Waals surface area contributed by atoms with E-state index in [1.807, 2.05) is 0 Å². The van der Waals surface area contributed by atoms with Crippen LogP contribution in [0.4, 0.5) is 13.2 Å². The van der Waals surface area contributed by atoms with Gasteiger partial charge in [-0.25, -0.2) is 0 Å². The van der Waals surface area contributed by atoms with Crippen molar-refractivity contribution in [3.63, 3.8) is 0 Å². The van der Waals surface area contributed by atoms with Crippen LogP contribution in [-0.4, -0.2) is 45.1 Å². The Morgan fingerprint density at radius 1 is 0.655 bits per heavy atom. The summed E-state index contributed by atoms with van der Waals surface area (Å²) >= 11 is 0. The van der Waals surface area contributed by atoms with Crippen molar-refractivity contribution in [3.8, 4) is 0 Å². The maximum absolute atomic E-state index is 11.8. The predicted octanol–water partition coefficient (Wildman–Crippen LogP) is 6.90. The van der Waals surface area contributed by atoms with Crippen LogP contribution in [0.25, 0.3) is 0 Å². The lowest BCUT2D eigenvalue weighted by atomic mass is 10.1. The highest BCUT2D eigenvalue weighted by Crippen LogP contribution is 2.24. The summed E-state index contributed by atoms with van der Waals surface area (Å²) in [6.45, 7) is 12.4. The Balaban J connectivity index is 0. The van der Waals surface area contributed by atoms with Gasteiger partial charge in [0.25, 0.3) is 0 Å². The fraction of sp³-hybridized carbons (Fsp3) is 1.00. The summed E-state index contributed by atoms with van der Waals surface area (Å²) in [6, 6.07) is 0. The summed E-state index contributed by atoms with van der Waals surface area (Å²) in [5, 5.41) is 0. The summed E-state index contributed by atoms with van der Waals surface area (Å²) in [6.07, 6.45) is 13.2. The van der Waals surface area contributed by atoms with Crippen molar-refractivity contribution in [3.05, 3.63) is 0 Å². The van der Waals surface area contributed by atoms with Crippen LogP contribution in [0.15, 0.2) is 0 Å². The molecule has 4 nitrogen and oxygen atoms in total. The minimum Gasteiger partial charge on any atom is -0.303 e. The smallest absolute Gasteiger partial charge is 0.303 e. The largest absolute Gasteiger partial charge is 0.523 e. The number of unbranched alkanes of at least 4 members (excludes halogenated alkanes) is 8. The molecule has 0 N–H and O–H groups in total. The first kappa shape index (κ1) is 30.9. The second-order valence-corrected chi connectivity index (χ2v) is 9.00. The van der Waals surface area contributed by atoms with Gasteiger partial charge in [0.15, 0.2) is 0 Å². The molecule has 0 saturated carbocycles. The van der Waals surface area contributed by atoms with Crippen LogP contribution in [-0.2, 0) is 14.3 Å². The van der Waals surface area contributed by atoms with E-state index < -0.39 is 22.2 Å². The number of hydrogen-bond donors (Lipinski definition) is 0. The van der Waals surface area contributed by atoms with E-state index in [2.05, 4.69) is 36.8 Å². The number of rotatable bonds is 17. The van der Waals surface area contributed by atoms with E-state index >= 15 is 0 Å². The van der Waals surface area contributed by atoms with Gasteiger partial charge >= 0.3 is 15.6 Å². The van der Waals surface area contributed by atoms with E-state index in [0.717, 1.165) is 25.7 Å². The molecule has 0 saturated heterocycles. The van der Waals surface area contributed by atoms with Crippen LogP contribution >= 0.6 is 0 Å². The monoisotopic (exact) mass is 447 g/mol. The van der Waals surface area contributed by atoms with Crippen molar-refractivity contribution >= 4 is 10.1 Å². The van der Waals surface area contributed by atoms with Crippen molar-refractivity contribution in [1.29, 1.82) is 0 Å². The molecule has 0 spiro atoms. The van der Waals surface area contributed by atoms with Gasteiger partial charge in [0.05, 0.1) is 6.61 Å². The number of alkyl halides is 3. The molecule has 0 aromatic rings. The zero-order valence-corrected chi connectivity index (χ0v) is 19.8. The number of nitrogens with zero attached hydrogens (tertiary/aromatic N) is 1. The molecule has 0 radical (unpaired) electrons. The Morgan fingerprint density at radius 2 is 1.03 bits per heavy atom. The molecular weight excluding hydrogens is 403 g/mol. The van der Waals surface area contributed by atoms with E-state index in [4.69, 9.17) is 0 Å². The normalized spacial score (nSPS) is 12.1. The molecule has 0 atom stereocenters. The van der Waals surface area contributed by atoms with E-state index in [1.165, 1.54) is 58.2 Å². The van der Waals surface area contributed by atoms with E-state index in [9.17, 15) is 21.6 Å². The fourth-order valence-electron chi connectivity index (χ4n) is 2.60. The third-order valence-corrected chi connectivity index (χ3v) is 5.55. The Hall–Kier alpha value is -0.340. The maximum atomic E-state index is 11.8. The van der Waals surface area contributed by atoms with Gasteiger partial charge in [0, 0.05) is 0 Å². The molecule has 0 aromatic carbocycles. The van der Waals surface area contributed by atoms with Gasteiger partial charge in [0.2, 0.25) is 0 Å². The molecular formula is C21H44F3NO3S. The maximum Gasteiger partial charge on any atom is 0.523 e. The molecule has 0 aliphatic rings. The molecule has 8 heteroatoms. The Bertz CT molecular complexity index is 424. The van der Waals surface area contributed by atoms with Crippen molar-refractivity contribution in [1.82, 2.24) is 4.90 Å². The molecule has 0 aliphatic carbocycles. The van der Waals surface area contributed by atoms with Crippen molar-refractivity contribution in [2.45, 2.75) is 110 Å². The molecule has 0 aromatic heterocycles. The highest BCUT2D eigenvalue weighted by molar-refractivity contribution is 7.87. The van der Waals surface area contributed by atoms with E-state index in [1.54, 1.807) is 0 Å². The summed E-state index contributed by atoms with van der Waals surface area (Å²) in [7, 11) is -5.40. The lowest BCUT2D eigenvalue weighted by molar-refractivity contribution is -0.0542. The highest BCUT2D eigenvalue weighted by atomic mass is 32.2. The average Bonchev–Trinajstić information content (AvgIpc) is 2.66. The van der Waals surface area contributed by atoms with Gasteiger partial charge in [0.1, 0.15) is 0 Å². The van der Waals surface area contributed by atoms with Crippen LogP contribution in [0.2, 0.25) is 0 Å². The Labute approximate surface area is 177 Å². The first-order valence-corrected chi connectivity index (χ1v) is 12.7. The minimum atomic E-state index is -5.40. The van der Waals surface area contributed by atoms with Crippen LogP contribution < -0.4 is 0 Å². The minimum absolute atomic E-state index is 0.332. The highest BCUT2D eigenvalue weighted by Gasteiger charge is 2.47. The third-order valence-electron chi connectivity index (χ3n) is 4.50.